The van der Waals surface area contributed by atoms with Gasteiger partial charge in [0, 0.05) is 18.0 Å². The molecule has 1 heterocycles. The van der Waals surface area contributed by atoms with E-state index in [1.165, 1.54) is 19.3 Å². The van der Waals surface area contributed by atoms with Crippen molar-refractivity contribution >= 4 is 5.91 Å². The first-order chi connectivity index (χ1) is 6.21. The van der Waals surface area contributed by atoms with Crippen molar-refractivity contribution in [3.8, 4) is 0 Å². The van der Waals surface area contributed by atoms with Gasteiger partial charge in [-0.2, -0.15) is 0 Å². The van der Waals surface area contributed by atoms with Crippen molar-refractivity contribution in [3.05, 3.63) is 0 Å². The van der Waals surface area contributed by atoms with E-state index >= 15 is 0 Å². The molecule has 0 aromatic rings. The third-order valence-corrected chi connectivity index (χ3v) is 4.04. The molecule has 0 aromatic carbocycles. The molecule has 0 aromatic heterocycles. The SMILES string of the molecule is CC1(C(=O)N2CCC[C@@H]3C[C@@H]32)CC1. The molecule has 0 spiro atoms. The normalized spacial score (nSPS) is 39.6. The van der Waals surface area contributed by atoms with E-state index in [-0.39, 0.29) is 5.41 Å². The summed E-state index contributed by atoms with van der Waals surface area (Å²) in [5.41, 5.74) is 0.0600. The first kappa shape index (κ1) is 7.84. The van der Waals surface area contributed by atoms with Gasteiger partial charge in [-0.3, -0.25) is 4.79 Å². The average molecular weight is 179 g/mol. The number of fused-ring (bicyclic) bond motifs is 1. The van der Waals surface area contributed by atoms with Crippen LogP contribution in [0.15, 0.2) is 0 Å². The minimum Gasteiger partial charge on any atom is -0.339 e. The van der Waals surface area contributed by atoms with Crippen molar-refractivity contribution in [3.63, 3.8) is 0 Å². The van der Waals surface area contributed by atoms with E-state index in [1.807, 2.05) is 0 Å². The van der Waals surface area contributed by atoms with Gasteiger partial charge < -0.3 is 4.90 Å². The lowest BCUT2D eigenvalue weighted by atomic mass is 10.1. The lowest BCUT2D eigenvalue weighted by Gasteiger charge is -2.29. The molecule has 2 aliphatic carbocycles. The van der Waals surface area contributed by atoms with Crippen LogP contribution in [0.2, 0.25) is 0 Å². The predicted octanol–water partition coefficient (Wildman–Crippen LogP) is 1.80. The number of nitrogens with zero attached hydrogens (tertiary/aromatic N) is 1. The molecule has 1 aliphatic heterocycles. The predicted molar refractivity (Wildman–Crippen MR) is 50.2 cm³/mol. The highest BCUT2D eigenvalue weighted by Crippen LogP contribution is 2.51. The molecule has 3 rings (SSSR count). The third kappa shape index (κ3) is 1.11. The van der Waals surface area contributed by atoms with Gasteiger partial charge >= 0.3 is 0 Å². The maximum absolute atomic E-state index is 12.0. The second kappa shape index (κ2) is 2.28. The molecular weight excluding hydrogens is 162 g/mol. The Kier molecular flexibility index (Phi) is 1.38. The Morgan fingerprint density at radius 2 is 2.23 bits per heavy atom. The summed E-state index contributed by atoms with van der Waals surface area (Å²) in [6.07, 6.45) is 6.15. The summed E-state index contributed by atoms with van der Waals surface area (Å²) in [7, 11) is 0. The van der Waals surface area contributed by atoms with Crippen molar-refractivity contribution in [2.75, 3.05) is 6.54 Å². The maximum Gasteiger partial charge on any atom is 0.228 e. The van der Waals surface area contributed by atoms with Gasteiger partial charge in [-0.25, -0.2) is 0 Å². The lowest BCUT2D eigenvalue weighted by Crippen LogP contribution is -2.41. The number of hydrogen-bond acceptors (Lipinski definition) is 1. The van der Waals surface area contributed by atoms with Crippen LogP contribution in [0.25, 0.3) is 0 Å². The molecule has 13 heavy (non-hydrogen) atoms. The van der Waals surface area contributed by atoms with E-state index in [4.69, 9.17) is 0 Å². The number of carbonyl (C=O) groups excluding carboxylic acids is 1. The monoisotopic (exact) mass is 179 g/mol. The van der Waals surface area contributed by atoms with Gasteiger partial charge in [0.05, 0.1) is 0 Å². The summed E-state index contributed by atoms with van der Waals surface area (Å²) in [4.78, 5) is 14.2. The van der Waals surface area contributed by atoms with Crippen LogP contribution < -0.4 is 0 Å². The van der Waals surface area contributed by atoms with Gasteiger partial charge in [0.2, 0.25) is 5.91 Å². The molecule has 72 valence electrons. The smallest absolute Gasteiger partial charge is 0.228 e. The van der Waals surface area contributed by atoms with Gasteiger partial charge in [0.25, 0.3) is 0 Å². The molecule has 3 fully saturated rings. The highest BCUT2D eigenvalue weighted by Gasteiger charge is 2.53. The van der Waals surface area contributed by atoms with Gasteiger partial charge in [-0.15, -0.1) is 0 Å². The van der Waals surface area contributed by atoms with Crippen molar-refractivity contribution in [1.82, 2.24) is 4.90 Å². The third-order valence-electron chi connectivity index (χ3n) is 4.04. The van der Waals surface area contributed by atoms with Gasteiger partial charge in [0.15, 0.2) is 0 Å². The minimum atomic E-state index is 0.0600. The largest absolute Gasteiger partial charge is 0.339 e. The maximum atomic E-state index is 12.0. The molecule has 0 N–H and O–H groups in total. The number of hydrogen-bond donors (Lipinski definition) is 0. The highest BCUT2D eigenvalue weighted by atomic mass is 16.2. The van der Waals surface area contributed by atoms with Crippen LogP contribution in [0.4, 0.5) is 0 Å². The zero-order valence-corrected chi connectivity index (χ0v) is 8.25. The first-order valence-corrected chi connectivity index (χ1v) is 5.52. The zero-order chi connectivity index (χ0) is 9.05. The molecule has 1 saturated heterocycles. The summed E-state index contributed by atoms with van der Waals surface area (Å²) in [5, 5.41) is 0. The van der Waals surface area contributed by atoms with E-state index in [2.05, 4.69) is 11.8 Å². The van der Waals surface area contributed by atoms with Gasteiger partial charge in [-0.1, -0.05) is 6.92 Å². The van der Waals surface area contributed by atoms with Crippen LogP contribution in [0.1, 0.15) is 39.0 Å². The molecule has 3 aliphatic rings. The second-order valence-electron chi connectivity index (χ2n) is 5.26. The molecule has 2 nitrogen and oxygen atoms in total. The summed E-state index contributed by atoms with van der Waals surface area (Å²) in [5.74, 6) is 1.33. The number of carbonyl (C=O) groups is 1. The van der Waals surface area contributed by atoms with Crippen LogP contribution >= 0.6 is 0 Å². The Morgan fingerprint density at radius 3 is 2.92 bits per heavy atom. The number of rotatable bonds is 1. The van der Waals surface area contributed by atoms with Crippen LogP contribution in [0, 0.1) is 11.3 Å². The molecule has 0 radical (unpaired) electrons. The van der Waals surface area contributed by atoms with Crippen molar-refractivity contribution in [2.24, 2.45) is 11.3 Å². The number of piperidine rings is 1. The Morgan fingerprint density at radius 1 is 1.46 bits per heavy atom. The van der Waals surface area contributed by atoms with Crippen LogP contribution in [-0.4, -0.2) is 23.4 Å². The van der Waals surface area contributed by atoms with E-state index in [0.29, 0.717) is 11.9 Å². The highest BCUT2D eigenvalue weighted by molar-refractivity contribution is 5.85. The molecule has 2 saturated carbocycles. The molecular formula is C11H17NO. The number of amides is 1. The Labute approximate surface area is 79.3 Å². The molecule has 2 heteroatoms. The summed E-state index contributed by atoms with van der Waals surface area (Å²) in [6, 6.07) is 0.652. The fourth-order valence-electron chi connectivity index (χ4n) is 2.61. The van der Waals surface area contributed by atoms with Gasteiger partial charge in [-0.05, 0) is 38.0 Å². The van der Waals surface area contributed by atoms with E-state index in [1.54, 1.807) is 0 Å². The zero-order valence-electron chi connectivity index (χ0n) is 8.25. The summed E-state index contributed by atoms with van der Waals surface area (Å²) < 4.78 is 0. The fraction of sp³-hybridized carbons (Fsp3) is 0.909. The Balaban J connectivity index is 1.73. The van der Waals surface area contributed by atoms with Crippen molar-refractivity contribution in [1.29, 1.82) is 0 Å². The summed E-state index contributed by atoms with van der Waals surface area (Å²) >= 11 is 0. The average Bonchev–Trinajstić information content (AvgIpc) is 2.97. The first-order valence-electron chi connectivity index (χ1n) is 5.52. The fourth-order valence-corrected chi connectivity index (χ4v) is 2.61. The van der Waals surface area contributed by atoms with Crippen molar-refractivity contribution in [2.45, 2.75) is 45.1 Å². The standard InChI is InChI=1S/C11H17NO/c1-11(4-5-11)10(13)12-6-2-3-8-7-9(8)12/h8-9H,2-7H2,1H3/t8-,9+/m1/s1. The van der Waals surface area contributed by atoms with Crippen LogP contribution in [0.5, 0.6) is 0 Å². The molecule has 0 bridgehead atoms. The van der Waals surface area contributed by atoms with Gasteiger partial charge in [0.1, 0.15) is 0 Å². The van der Waals surface area contributed by atoms with E-state index < -0.39 is 0 Å². The number of likely N-dealkylation sites (tertiary alicyclic amines) is 1. The minimum absolute atomic E-state index is 0.0600. The topological polar surface area (TPSA) is 20.3 Å². The Bertz CT molecular complexity index is 257. The Hall–Kier alpha value is -0.530. The van der Waals surface area contributed by atoms with E-state index in [0.717, 1.165) is 25.3 Å². The van der Waals surface area contributed by atoms with Crippen LogP contribution in [-0.2, 0) is 4.79 Å². The van der Waals surface area contributed by atoms with Crippen LogP contribution in [0.3, 0.4) is 0 Å². The lowest BCUT2D eigenvalue weighted by molar-refractivity contribution is -0.137. The van der Waals surface area contributed by atoms with Crippen molar-refractivity contribution < 1.29 is 4.79 Å². The van der Waals surface area contributed by atoms with E-state index in [9.17, 15) is 4.79 Å². The summed E-state index contributed by atoms with van der Waals surface area (Å²) in [6.45, 7) is 3.16. The quantitative estimate of drug-likeness (QED) is 0.601. The molecule has 0 unspecified atom stereocenters. The molecule has 1 amide bonds. The second-order valence-corrected chi connectivity index (χ2v) is 5.26. The molecule has 2 atom stereocenters.